The maximum Gasteiger partial charge on any atom is 0.234 e. The minimum absolute atomic E-state index is 0.0273. The van der Waals surface area contributed by atoms with Gasteiger partial charge in [-0.25, -0.2) is 4.98 Å². The number of carbonyl (C=O) groups excluding carboxylic acids is 1. The highest BCUT2D eigenvalue weighted by atomic mass is 16.2. The largest absolute Gasteiger partial charge is 0.345 e. The molecule has 1 aliphatic heterocycles. The van der Waals surface area contributed by atoms with Crippen LogP contribution in [0.25, 0.3) is 0 Å². The van der Waals surface area contributed by atoms with Crippen LogP contribution < -0.4 is 5.32 Å². The van der Waals surface area contributed by atoms with Gasteiger partial charge in [0.25, 0.3) is 0 Å². The summed E-state index contributed by atoms with van der Waals surface area (Å²) in [7, 11) is 1.85. The highest BCUT2D eigenvalue weighted by Gasteiger charge is 2.25. The lowest BCUT2D eigenvalue weighted by molar-refractivity contribution is -0.123. The normalized spacial score (nSPS) is 15.7. The Bertz CT molecular complexity index is 669. The third kappa shape index (κ3) is 3.42. The van der Waals surface area contributed by atoms with Crippen LogP contribution in [-0.2, 0) is 24.9 Å². The lowest BCUT2D eigenvalue weighted by atomic mass is 10.0. The van der Waals surface area contributed by atoms with Crippen molar-refractivity contribution in [3.05, 3.63) is 47.5 Å². The van der Waals surface area contributed by atoms with Crippen LogP contribution >= 0.6 is 0 Å². The average molecular weight is 313 g/mol. The molecule has 1 N–H and O–H groups in total. The van der Waals surface area contributed by atoms with Crippen molar-refractivity contribution in [2.75, 3.05) is 6.54 Å². The van der Waals surface area contributed by atoms with Crippen LogP contribution in [0, 0.1) is 5.92 Å². The molecule has 1 aromatic carbocycles. The monoisotopic (exact) mass is 313 g/mol. The van der Waals surface area contributed by atoms with Gasteiger partial charge in [0.15, 0.2) is 0 Å². The Labute approximate surface area is 136 Å². The summed E-state index contributed by atoms with van der Waals surface area (Å²) in [5.41, 5.74) is 2.63. The molecule has 1 aromatic heterocycles. The molecule has 1 atom stereocenters. The highest BCUT2D eigenvalue weighted by Crippen LogP contribution is 2.22. The third-order valence-corrected chi connectivity index (χ3v) is 4.28. The first-order valence-corrected chi connectivity index (χ1v) is 7.97. The van der Waals surface area contributed by atoms with Gasteiger partial charge in [-0.05, 0) is 17.0 Å². The Morgan fingerprint density at radius 3 is 2.43 bits per heavy atom. The lowest BCUT2D eigenvalue weighted by Crippen LogP contribution is -2.39. The predicted octanol–water partition coefficient (Wildman–Crippen LogP) is 1.64. The molecule has 1 aliphatic rings. The van der Waals surface area contributed by atoms with Crippen molar-refractivity contribution in [3.8, 4) is 0 Å². The molecule has 6 nitrogen and oxygen atoms in total. The van der Waals surface area contributed by atoms with Crippen LogP contribution in [0.5, 0.6) is 0 Å². The molecule has 2 aromatic rings. The number of fused-ring (bicyclic) bond motifs is 1. The van der Waals surface area contributed by atoms with Crippen LogP contribution in [0.2, 0.25) is 0 Å². The zero-order valence-corrected chi connectivity index (χ0v) is 13.9. The van der Waals surface area contributed by atoms with E-state index in [9.17, 15) is 4.79 Å². The molecule has 0 saturated heterocycles. The SMILES string of the molecule is CC(C)[C@@H](NC(=O)CN1Cc2ccccc2C1)c1ncnn1C. The van der Waals surface area contributed by atoms with Crippen LogP contribution in [-0.4, -0.2) is 32.1 Å². The number of amides is 1. The lowest BCUT2D eigenvalue weighted by Gasteiger charge is -2.23. The van der Waals surface area contributed by atoms with E-state index in [-0.39, 0.29) is 17.9 Å². The van der Waals surface area contributed by atoms with Crippen LogP contribution in [0.1, 0.15) is 36.8 Å². The van der Waals surface area contributed by atoms with Gasteiger partial charge in [0, 0.05) is 20.1 Å². The highest BCUT2D eigenvalue weighted by molar-refractivity contribution is 5.78. The molecule has 122 valence electrons. The molecule has 0 saturated carbocycles. The fourth-order valence-electron chi connectivity index (χ4n) is 3.05. The van der Waals surface area contributed by atoms with Crippen molar-refractivity contribution in [3.63, 3.8) is 0 Å². The molecule has 0 spiro atoms. The number of hydrogen-bond acceptors (Lipinski definition) is 4. The summed E-state index contributed by atoms with van der Waals surface area (Å²) in [6.07, 6.45) is 1.52. The maximum absolute atomic E-state index is 12.5. The number of hydrogen-bond donors (Lipinski definition) is 1. The topological polar surface area (TPSA) is 63.1 Å². The van der Waals surface area contributed by atoms with Crippen LogP contribution in [0.15, 0.2) is 30.6 Å². The molecule has 23 heavy (non-hydrogen) atoms. The molecule has 2 heterocycles. The molecule has 0 radical (unpaired) electrons. The Balaban J connectivity index is 1.62. The molecular weight excluding hydrogens is 290 g/mol. The van der Waals surface area contributed by atoms with Crippen LogP contribution in [0.4, 0.5) is 0 Å². The van der Waals surface area contributed by atoms with E-state index in [2.05, 4.69) is 46.3 Å². The molecular formula is C17H23N5O. The van der Waals surface area contributed by atoms with Crippen molar-refractivity contribution in [1.82, 2.24) is 25.0 Å². The average Bonchev–Trinajstić information content (AvgIpc) is 3.09. The minimum Gasteiger partial charge on any atom is -0.345 e. The van der Waals surface area contributed by atoms with Crippen molar-refractivity contribution in [2.24, 2.45) is 13.0 Å². The molecule has 0 bridgehead atoms. The summed E-state index contributed by atoms with van der Waals surface area (Å²) in [5, 5.41) is 7.21. The second kappa shape index (κ2) is 6.50. The summed E-state index contributed by atoms with van der Waals surface area (Å²) >= 11 is 0. The number of rotatable bonds is 5. The molecule has 0 aliphatic carbocycles. The standard InChI is InChI=1S/C17H23N5O/c1-12(2)16(17-18-11-19-21(17)3)20-15(23)10-22-8-13-6-4-5-7-14(13)9-22/h4-7,11-12,16H,8-10H2,1-3H3,(H,20,23)/t16-/m1/s1. The molecule has 0 fully saturated rings. The van der Waals surface area contributed by atoms with Gasteiger partial charge in [0.2, 0.25) is 5.91 Å². The van der Waals surface area contributed by atoms with E-state index in [1.165, 1.54) is 17.5 Å². The summed E-state index contributed by atoms with van der Waals surface area (Å²) in [6, 6.07) is 8.23. The fraction of sp³-hybridized carbons (Fsp3) is 0.471. The zero-order valence-electron chi connectivity index (χ0n) is 13.9. The van der Waals surface area contributed by atoms with Gasteiger partial charge in [-0.3, -0.25) is 14.4 Å². The number of aryl methyl sites for hydroxylation is 1. The predicted molar refractivity (Wildman–Crippen MR) is 87.3 cm³/mol. The molecule has 0 unspecified atom stereocenters. The summed E-state index contributed by atoms with van der Waals surface area (Å²) in [5.74, 6) is 1.06. The van der Waals surface area contributed by atoms with E-state index in [1.807, 2.05) is 19.2 Å². The van der Waals surface area contributed by atoms with E-state index >= 15 is 0 Å². The van der Waals surface area contributed by atoms with Gasteiger partial charge in [0.05, 0.1) is 12.6 Å². The minimum atomic E-state index is -0.125. The number of aromatic nitrogens is 3. The number of carbonyl (C=O) groups is 1. The Kier molecular flexibility index (Phi) is 4.43. The molecule has 3 rings (SSSR count). The van der Waals surface area contributed by atoms with E-state index < -0.39 is 0 Å². The number of nitrogens with zero attached hydrogens (tertiary/aromatic N) is 4. The molecule has 6 heteroatoms. The van der Waals surface area contributed by atoms with E-state index in [1.54, 1.807) is 4.68 Å². The number of nitrogens with one attached hydrogen (secondary N) is 1. The van der Waals surface area contributed by atoms with Gasteiger partial charge >= 0.3 is 0 Å². The zero-order chi connectivity index (χ0) is 16.4. The second-order valence-electron chi connectivity index (χ2n) is 6.44. The smallest absolute Gasteiger partial charge is 0.234 e. The first-order chi connectivity index (χ1) is 11.0. The summed E-state index contributed by atoms with van der Waals surface area (Å²) in [4.78, 5) is 18.9. The van der Waals surface area contributed by atoms with Gasteiger partial charge in [-0.1, -0.05) is 38.1 Å². The Hall–Kier alpha value is -2.21. The Morgan fingerprint density at radius 1 is 1.26 bits per heavy atom. The number of benzene rings is 1. The van der Waals surface area contributed by atoms with Gasteiger partial charge < -0.3 is 5.32 Å². The maximum atomic E-state index is 12.5. The van der Waals surface area contributed by atoms with Crippen LogP contribution in [0.3, 0.4) is 0 Å². The van der Waals surface area contributed by atoms with Crippen molar-refractivity contribution in [2.45, 2.75) is 33.0 Å². The van der Waals surface area contributed by atoms with E-state index in [0.29, 0.717) is 6.54 Å². The third-order valence-electron chi connectivity index (χ3n) is 4.28. The van der Waals surface area contributed by atoms with E-state index in [4.69, 9.17) is 0 Å². The fourth-order valence-corrected chi connectivity index (χ4v) is 3.05. The quantitative estimate of drug-likeness (QED) is 0.911. The van der Waals surface area contributed by atoms with Gasteiger partial charge in [-0.15, -0.1) is 0 Å². The second-order valence-corrected chi connectivity index (χ2v) is 6.44. The summed E-state index contributed by atoms with van der Waals surface area (Å²) < 4.78 is 1.72. The van der Waals surface area contributed by atoms with Crippen molar-refractivity contribution in [1.29, 1.82) is 0 Å². The summed E-state index contributed by atoms with van der Waals surface area (Å²) in [6.45, 7) is 6.21. The van der Waals surface area contributed by atoms with E-state index in [0.717, 1.165) is 18.9 Å². The van der Waals surface area contributed by atoms with Gasteiger partial charge in [-0.2, -0.15) is 5.10 Å². The van der Waals surface area contributed by atoms with Crippen molar-refractivity contribution >= 4 is 5.91 Å². The first-order valence-electron chi connectivity index (χ1n) is 7.97. The van der Waals surface area contributed by atoms with Gasteiger partial charge in [0.1, 0.15) is 12.2 Å². The Morgan fingerprint density at radius 2 is 1.91 bits per heavy atom. The van der Waals surface area contributed by atoms with Crippen molar-refractivity contribution < 1.29 is 4.79 Å². The molecule has 1 amide bonds. The first kappa shape index (κ1) is 15.7.